The van der Waals surface area contributed by atoms with E-state index in [1.54, 1.807) is 20.3 Å². The van der Waals surface area contributed by atoms with Crippen molar-refractivity contribution in [2.24, 2.45) is 0 Å². The summed E-state index contributed by atoms with van der Waals surface area (Å²) in [6.07, 6.45) is 5.53. The minimum absolute atomic E-state index is 0.0503. The van der Waals surface area contributed by atoms with Crippen molar-refractivity contribution >= 4 is 32.6 Å². The van der Waals surface area contributed by atoms with Crippen LogP contribution in [-0.4, -0.2) is 55.1 Å². The Kier molecular flexibility index (Phi) is 5.17. The molecular formula is C26H27N3O5. The van der Waals surface area contributed by atoms with Crippen molar-refractivity contribution in [1.82, 2.24) is 14.5 Å². The number of nitrogens with zero attached hydrogens (tertiary/aromatic N) is 3. The predicted octanol–water partition coefficient (Wildman–Crippen LogP) is 3.93. The first kappa shape index (κ1) is 21.0. The number of rotatable bonds is 5. The number of aromatic nitrogens is 2. The highest BCUT2D eigenvalue weighted by molar-refractivity contribution is 6.15. The van der Waals surface area contributed by atoms with Crippen LogP contribution in [0.25, 0.3) is 32.6 Å². The van der Waals surface area contributed by atoms with Crippen molar-refractivity contribution in [3.8, 4) is 23.0 Å². The molecule has 0 atom stereocenters. The van der Waals surface area contributed by atoms with Crippen molar-refractivity contribution in [1.29, 1.82) is 0 Å². The number of hydrogen-bond acceptors (Lipinski definition) is 7. The van der Waals surface area contributed by atoms with Crippen LogP contribution in [-0.2, 0) is 6.54 Å². The minimum Gasteiger partial charge on any atom is -0.493 e. The lowest BCUT2D eigenvalue weighted by atomic mass is 10.0. The van der Waals surface area contributed by atoms with Crippen LogP contribution in [0.4, 0.5) is 0 Å². The van der Waals surface area contributed by atoms with Crippen molar-refractivity contribution < 1.29 is 18.9 Å². The van der Waals surface area contributed by atoms with Gasteiger partial charge in [0.2, 0.25) is 6.79 Å². The molecule has 2 aromatic carbocycles. The first-order valence-corrected chi connectivity index (χ1v) is 11.7. The molecule has 8 heteroatoms. The number of ether oxygens (including phenoxy) is 4. The predicted molar refractivity (Wildman–Crippen MR) is 131 cm³/mol. The first-order valence-electron chi connectivity index (χ1n) is 11.7. The average Bonchev–Trinajstić information content (AvgIpc) is 3.34. The van der Waals surface area contributed by atoms with Gasteiger partial charge in [-0.25, -0.2) is 0 Å². The summed E-state index contributed by atoms with van der Waals surface area (Å²) in [5, 5.41) is 3.14. The van der Waals surface area contributed by atoms with Crippen LogP contribution in [0.3, 0.4) is 0 Å². The molecule has 1 saturated heterocycles. The van der Waals surface area contributed by atoms with E-state index in [1.807, 2.05) is 29.0 Å². The molecule has 0 saturated carbocycles. The van der Waals surface area contributed by atoms with Crippen LogP contribution < -0.4 is 24.5 Å². The number of hydrogen-bond donors (Lipinski definition) is 0. The Labute approximate surface area is 196 Å². The summed E-state index contributed by atoms with van der Waals surface area (Å²) < 4.78 is 24.1. The fourth-order valence-corrected chi connectivity index (χ4v) is 5.22. The van der Waals surface area contributed by atoms with Gasteiger partial charge in [-0.05, 0) is 44.1 Å². The summed E-state index contributed by atoms with van der Waals surface area (Å²) in [6, 6.07) is 7.47. The molecule has 0 unspecified atom stereocenters. The fourth-order valence-electron chi connectivity index (χ4n) is 5.22. The van der Waals surface area contributed by atoms with E-state index in [0.29, 0.717) is 34.9 Å². The molecule has 176 valence electrons. The first-order chi connectivity index (χ1) is 16.7. The van der Waals surface area contributed by atoms with E-state index < -0.39 is 0 Å². The molecule has 4 heterocycles. The normalized spacial score (nSPS) is 15.9. The lowest BCUT2D eigenvalue weighted by Gasteiger charge is -2.27. The smallest absolute Gasteiger partial charge is 0.259 e. The van der Waals surface area contributed by atoms with Crippen LogP contribution in [0.5, 0.6) is 23.0 Å². The van der Waals surface area contributed by atoms with Crippen LogP contribution >= 0.6 is 0 Å². The SMILES string of the molecule is COc1cc2c(=O)n(CCN3CCCCC3)c3c4cc5c(cc4ncc3c2cc1OC)OCO5. The number of fused-ring (bicyclic) bond motifs is 6. The molecular weight excluding hydrogens is 434 g/mol. The summed E-state index contributed by atoms with van der Waals surface area (Å²) in [6.45, 7) is 3.75. The minimum atomic E-state index is -0.0503. The van der Waals surface area contributed by atoms with Crippen LogP contribution in [0.1, 0.15) is 19.3 Å². The Bertz CT molecular complexity index is 1470. The van der Waals surface area contributed by atoms with Gasteiger partial charge in [0.05, 0.1) is 30.6 Å². The lowest BCUT2D eigenvalue weighted by molar-refractivity contribution is 0.174. The van der Waals surface area contributed by atoms with E-state index in [9.17, 15) is 4.79 Å². The van der Waals surface area contributed by atoms with Crippen LogP contribution in [0.15, 0.2) is 35.3 Å². The average molecular weight is 462 g/mol. The van der Waals surface area contributed by atoms with Crippen molar-refractivity contribution in [2.45, 2.75) is 25.8 Å². The second-order valence-corrected chi connectivity index (χ2v) is 8.85. The van der Waals surface area contributed by atoms with Gasteiger partial charge < -0.3 is 28.4 Å². The van der Waals surface area contributed by atoms with Gasteiger partial charge in [-0.2, -0.15) is 0 Å². The van der Waals surface area contributed by atoms with Gasteiger partial charge in [0, 0.05) is 41.5 Å². The Hall–Kier alpha value is -3.52. The van der Waals surface area contributed by atoms with Crippen molar-refractivity contribution in [3.05, 3.63) is 40.8 Å². The number of likely N-dealkylation sites (tertiary alicyclic amines) is 1. The third-order valence-corrected chi connectivity index (χ3v) is 6.98. The van der Waals surface area contributed by atoms with E-state index in [1.165, 1.54) is 19.3 Å². The highest BCUT2D eigenvalue weighted by atomic mass is 16.7. The van der Waals surface area contributed by atoms with Gasteiger partial charge in [0.15, 0.2) is 23.0 Å². The topological polar surface area (TPSA) is 75.1 Å². The molecule has 1 fully saturated rings. The zero-order valence-corrected chi connectivity index (χ0v) is 19.4. The molecule has 4 aromatic rings. The molecule has 2 aromatic heterocycles. The van der Waals surface area contributed by atoms with Crippen molar-refractivity contribution in [2.75, 3.05) is 40.6 Å². The quantitative estimate of drug-likeness (QED) is 0.417. The molecule has 0 radical (unpaired) electrons. The standard InChI is InChI=1S/C26H27N3O5/c1-31-21-10-16-17(11-22(21)32-2)26(30)29(9-8-28-6-4-3-5-7-28)25-18-12-23-24(34-15-33-23)13-20(18)27-14-19(16)25/h10-14H,3-9,15H2,1-2H3. The summed E-state index contributed by atoms with van der Waals surface area (Å²) >= 11 is 0. The third-order valence-electron chi connectivity index (χ3n) is 6.98. The maximum atomic E-state index is 13.9. The highest BCUT2D eigenvalue weighted by Crippen LogP contribution is 2.40. The molecule has 8 nitrogen and oxygen atoms in total. The number of piperidine rings is 1. The highest BCUT2D eigenvalue weighted by Gasteiger charge is 2.21. The second-order valence-electron chi connectivity index (χ2n) is 8.85. The van der Waals surface area contributed by atoms with E-state index in [0.717, 1.165) is 46.8 Å². The summed E-state index contributed by atoms with van der Waals surface area (Å²) in [5.74, 6) is 2.46. The van der Waals surface area contributed by atoms with Crippen LogP contribution in [0.2, 0.25) is 0 Å². The van der Waals surface area contributed by atoms with Gasteiger partial charge in [-0.15, -0.1) is 0 Å². The Balaban J connectivity index is 1.64. The van der Waals surface area contributed by atoms with E-state index in [2.05, 4.69) is 4.90 Å². The largest absolute Gasteiger partial charge is 0.493 e. The molecule has 0 spiro atoms. The van der Waals surface area contributed by atoms with E-state index in [4.69, 9.17) is 23.9 Å². The Morgan fingerprint density at radius 3 is 2.29 bits per heavy atom. The van der Waals surface area contributed by atoms with E-state index >= 15 is 0 Å². The molecule has 0 aliphatic carbocycles. The molecule has 2 aliphatic rings. The van der Waals surface area contributed by atoms with Gasteiger partial charge in [-0.3, -0.25) is 9.78 Å². The fraction of sp³-hybridized carbons (Fsp3) is 0.385. The summed E-state index contributed by atoms with van der Waals surface area (Å²) in [5.41, 5.74) is 1.57. The molecule has 2 aliphatic heterocycles. The van der Waals surface area contributed by atoms with Gasteiger partial charge in [0.1, 0.15) is 0 Å². The number of pyridine rings is 2. The van der Waals surface area contributed by atoms with Crippen LogP contribution in [0, 0.1) is 0 Å². The van der Waals surface area contributed by atoms with Crippen molar-refractivity contribution in [3.63, 3.8) is 0 Å². The Morgan fingerprint density at radius 2 is 1.56 bits per heavy atom. The molecule has 6 rings (SSSR count). The maximum absolute atomic E-state index is 13.9. The molecule has 0 amide bonds. The summed E-state index contributed by atoms with van der Waals surface area (Å²) in [4.78, 5) is 21.1. The lowest BCUT2D eigenvalue weighted by Crippen LogP contribution is -2.35. The monoisotopic (exact) mass is 461 g/mol. The number of benzene rings is 2. The summed E-state index contributed by atoms with van der Waals surface area (Å²) in [7, 11) is 3.18. The third kappa shape index (κ3) is 3.32. The molecule has 0 N–H and O–H groups in total. The second kappa shape index (κ2) is 8.36. The molecule has 0 bridgehead atoms. The molecule has 34 heavy (non-hydrogen) atoms. The number of methoxy groups -OCH3 is 2. The van der Waals surface area contributed by atoms with Gasteiger partial charge >= 0.3 is 0 Å². The zero-order chi connectivity index (χ0) is 23.2. The zero-order valence-electron chi connectivity index (χ0n) is 19.4. The Morgan fingerprint density at radius 1 is 0.853 bits per heavy atom. The van der Waals surface area contributed by atoms with Gasteiger partial charge in [-0.1, -0.05) is 6.42 Å². The van der Waals surface area contributed by atoms with E-state index in [-0.39, 0.29) is 12.4 Å². The van der Waals surface area contributed by atoms with Gasteiger partial charge in [0.25, 0.3) is 5.56 Å². The maximum Gasteiger partial charge on any atom is 0.259 e.